The Morgan fingerprint density at radius 2 is 2.11 bits per heavy atom. The summed E-state index contributed by atoms with van der Waals surface area (Å²) in [7, 11) is 1.87. The summed E-state index contributed by atoms with van der Waals surface area (Å²) in [6.07, 6.45) is 2.07. The van der Waals surface area contributed by atoms with Gasteiger partial charge in [0.05, 0.1) is 11.8 Å². The predicted molar refractivity (Wildman–Crippen MR) is 69.2 cm³/mol. The predicted octanol–water partition coefficient (Wildman–Crippen LogP) is 2.44. The van der Waals surface area contributed by atoms with E-state index in [0.29, 0.717) is 13.0 Å². The molecule has 0 saturated carbocycles. The molecule has 0 bridgehead atoms. The first-order valence-electron chi connectivity index (χ1n) is 6.09. The summed E-state index contributed by atoms with van der Waals surface area (Å²) >= 11 is 0. The largest absolute Gasteiger partial charge is 0.487 e. The van der Waals surface area contributed by atoms with Gasteiger partial charge in [-0.05, 0) is 18.6 Å². The number of hydrogen-bond acceptors (Lipinski definition) is 3. The van der Waals surface area contributed by atoms with Crippen LogP contribution in [0.4, 0.5) is 0 Å². The van der Waals surface area contributed by atoms with Gasteiger partial charge in [0.15, 0.2) is 0 Å². The third-order valence-corrected chi connectivity index (χ3v) is 2.81. The normalized spacial score (nSPS) is 12.4. The Morgan fingerprint density at radius 3 is 2.78 bits per heavy atom. The van der Waals surface area contributed by atoms with Crippen LogP contribution >= 0.6 is 0 Å². The van der Waals surface area contributed by atoms with Crippen LogP contribution in [0.3, 0.4) is 0 Å². The van der Waals surface area contributed by atoms with Crippen LogP contribution < -0.4 is 4.74 Å². The van der Waals surface area contributed by atoms with Crippen molar-refractivity contribution in [2.45, 2.75) is 26.1 Å². The number of benzene rings is 1. The van der Waals surface area contributed by atoms with E-state index in [0.717, 1.165) is 17.0 Å². The zero-order valence-corrected chi connectivity index (χ0v) is 10.7. The van der Waals surface area contributed by atoms with Crippen LogP contribution in [-0.2, 0) is 13.7 Å². The van der Waals surface area contributed by atoms with Crippen LogP contribution in [0.2, 0.25) is 0 Å². The molecule has 4 nitrogen and oxygen atoms in total. The molecular formula is C14H18N2O2. The third kappa shape index (κ3) is 2.90. The minimum Gasteiger partial charge on any atom is -0.487 e. The Morgan fingerprint density at radius 1 is 1.33 bits per heavy atom. The molecule has 0 fully saturated rings. The number of nitrogens with zero attached hydrogens (tertiary/aromatic N) is 2. The molecular weight excluding hydrogens is 228 g/mol. The zero-order chi connectivity index (χ0) is 13.0. The van der Waals surface area contributed by atoms with Gasteiger partial charge in [-0.2, -0.15) is 5.10 Å². The molecule has 0 radical (unpaired) electrons. The summed E-state index contributed by atoms with van der Waals surface area (Å²) in [5.74, 6) is 0.720. The highest BCUT2D eigenvalue weighted by molar-refractivity contribution is 5.35. The molecule has 0 amide bonds. The van der Waals surface area contributed by atoms with Gasteiger partial charge in [0, 0.05) is 18.8 Å². The van der Waals surface area contributed by atoms with E-state index in [2.05, 4.69) is 5.10 Å². The lowest BCUT2D eigenvalue weighted by Crippen LogP contribution is -2.03. The van der Waals surface area contributed by atoms with Crippen molar-refractivity contribution in [1.82, 2.24) is 9.78 Å². The highest BCUT2D eigenvalue weighted by Gasteiger charge is 2.11. The number of hydrogen-bond donors (Lipinski definition) is 1. The van der Waals surface area contributed by atoms with E-state index in [1.165, 1.54) is 0 Å². The Hall–Kier alpha value is -1.81. The fraction of sp³-hybridized carbons (Fsp3) is 0.357. The van der Waals surface area contributed by atoms with Crippen molar-refractivity contribution in [3.63, 3.8) is 0 Å². The van der Waals surface area contributed by atoms with Crippen LogP contribution in [0, 0.1) is 0 Å². The standard InChI is InChI=1S/C14H18N2O2/c1-3-13(17)12-6-4-5-7-14(12)18-10-11-8-9-16(2)15-11/h4-9,13,17H,3,10H2,1-2H3. The quantitative estimate of drug-likeness (QED) is 0.881. The van der Waals surface area contributed by atoms with Crippen molar-refractivity contribution in [2.24, 2.45) is 7.05 Å². The first-order chi connectivity index (χ1) is 8.70. The molecule has 4 heteroatoms. The van der Waals surface area contributed by atoms with Crippen LogP contribution in [0.25, 0.3) is 0 Å². The van der Waals surface area contributed by atoms with E-state index in [9.17, 15) is 5.11 Å². The van der Waals surface area contributed by atoms with Gasteiger partial charge in [-0.15, -0.1) is 0 Å². The van der Waals surface area contributed by atoms with Crippen molar-refractivity contribution in [2.75, 3.05) is 0 Å². The summed E-state index contributed by atoms with van der Waals surface area (Å²) in [5, 5.41) is 14.2. The maximum absolute atomic E-state index is 9.91. The lowest BCUT2D eigenvalue weighted by molar-refractivity contribution is 0.166. The molecule has 0 aliphatic rings. The van der Waals surface area contributed by atoms with Gasteiger partial charge >= 0.3 is 0 Å². The molecule has 2 aromatic rings. The van der Waals surface area contributed by atoms with Gasteiger partial charge in [0.2, 0.25) is 0 Å². The van der Waals surface area contributed by atoms with Crippen LogP contribution in [0.15, 0.2) is 36.5 Å². The monoisotopic (exact) mass is 246 g/mol. The number of aliphatic hydroxyl groups is 1. The maximum atomic E-state index is 9.91. The van der Waals surface area contributed by atoms with Crippen molar-refractivity contribution in [3.05, 3.63) is 47.8 Å². The second kappa shape index (κ2) is 5.69. The van der Waals surface area contributed by atoms with Gasteiger partial charge in [-0.25, -0.2) is 0 Å². The van der Waals surface area contributed by atoms with Crippen LogP contribution in [-0.4, -0.2) is 14.9 Å². The number of aliphatic hydroxyl groups excluding tert-OH is 1. The average Bonchev–Trinajstić information content (AvgIpc) is 2.81. The topological polar surface area (TPSA) is 47.3 Å². The summed E-state index contributed by atoms with van der Waals surface area (Å²) in [4.78, 5) is 0. The van der Waals surface area contributed by atoms with Crippen molar-refractivity contribution >= 4 is 0 Å². The first-order valence-corrected chi connectivity index (χ1v) is 6.09. The number of para-hydroxylation sites is 1. The van der Waals surface area contributed by atoms with E-state index in [1.54, 1.807) is 4.68 Å². The van der Waals surface area contributed by atoms with Gasteiger partial charge in [-0.1, -0.05) is 25.1 Å². The van der Waals surface area contributed by atoms with Crippen molar-refractivity contribution in [1.29, 1.82) is 0 Å². The average molecular weight is 246 g/mol. The molecule has 0 spiro atoms. The molecule has 0 aliphatic heterocycles. The summed E-state index contributed by atoms with van der Waals surface area (Å²) in [6, 6.07) is 9.49. The van der Waals surface area contributed by atoms with Crippen LogP contribution in [0.1, 0.15) is 30.7 Å². The summed E-state index contributed by atoms with van der Waals surface area (Å²) < 4.78 is 7.47. The third-order valence-electron chi connectivity index (χ3n) is 2.81. The van der Waals surface area contributed by atoms with Gasteiger partial charge in [0.25, 0.3) is 0 Å². The van der Waals surface area contributed by atoms with Gasteiger partial charge in [-0.3, -0.25) is 4.68 Å². The maximum Gasteiger partial charge on any atom is 0.132 e. The number of rotatable bonds is 5. The highest BCUT2D eigenvalue weighted by Crippen LogP contribution is 2.27. The Labute approximate surface area is 107 Å². The first kappa shape index (κ1) is 12.6. The minimum atomic E-state index is -0.482. The smallest absolute Gasteiger partial charge is 0.132 e. The fourth-order valence-corrected chi connectivity index (χ4v) is 1.80. The molecule has 18 heavy (non-hydrogen) atoms. The molecule has 96 valence electrons. The second-order valence-electron chi connectivity index (χ2n) is 4.23. The second-order valence-corrected chi connectivity index (χ2v) is 4.23. The molecule has 0 saturated heterocycles. The Balaban J connectivity index is 2.09. The lowest BCUT2D eigenvalue weighted by Gasteiger charge is -2.14. The SMILES string of the molecule is CCC(O)c1ccccc1OCc1ccn(C)n1. The Bertz CT molecular complexity index is 508. The number of aromatic nitrogens is 2. The number of ether oxygens (including phenoxy) is 1. The highest BCUT2D eigenvalue weighted by atomic mass is 16.5. The molecule has 1 aromatic heterocycles. The molecule has 1 unspecified atom stereocenters. The van der Waals surface area contributed by atoms with Gasteiger partial charge < -0.3 is 9.84 Å². The van der Waals surface area contributed by atoms with Crippen molar-refractivity contribution < 1.29 is 9.84 Å². The van der Waals surface area contributed by atoms with E-state index >= 15 is 0 Å². The van der Waals surface area contributed by atoms with E-state index in [4.69, 9.17) is 4.74 Å². The Kier molecular flexibility index (Phi) is 3.99. The number of aryl methyl sites for hydroxylation is 1. The van der Waals surface area contributed by atoms with E-state index in [1.807, 2.05) is 50.5 Å². The molecule has 1 atom stereocenters. The van der Waals surface area contributed by atoms with Crippen LogP contribution in [0.5, 0.6) is 5.75 Å². The lowest BCUT2D eigenvalue weighted by atomic mass is 10.1. The summed E-state index contributed by atoms with van der Waals surface area (Å²) in [5.41, 5.74) is 1.70. The van der Waals surface area contributed by atoms with E-state index < -0.39 is 6.10 Å². The molecule has 0 aliphatic carbocycles. The molecule has 1 aromatic carbocycles. The summed E-state index contributed by atoms with van der Waals surface area (Å²) in [6.45, 7) is 2.36. The molecule has 2 rings (SSSR count). The molecule has 1 N–H and O–H groups in total. The minimum absolute atomic E-state index is 0.411. The van der Waals surface area contributed by atoms with Gasteiger partial charge in [0.1, 0.15) is 12.4 Å². The van der Waals surface area contributed by atoms with E-state index in [-0.39, 0.29) is 0 Å². The van der Waals surface area contributed by atoms with Crippen molar-refractivity contribution in [3.8, 4) is 5.75 Å². The zero-order valence-electron chi connectivity index (χ0n) is 10.7. The fourth-order valence-electron chi connectivity index (χ4n) is 1.80. The molecule has 1 heterocycles.